The van der Waals surface area contributed by atoms with Crippen LogP contribution in [0, 0.1) is 6.92 Å². The van der Waals surface area contributed by atoms with Crippen LogP contribution in [-0.2, 0) is 0 Å². The van der Waals surface area contributed by atoms with E-state index in [2.05, 4.69) is 11.9 Å². The predicted molar refractivity (Wildman–Crippen MR) is 67.6 cm³/mol. The highest BCUT2D eigenvalue weighted by Gasteiger charge is 2.01. The summed E-state index contributed by atoms with van der Waals surface area (Å²) in [5, 5.41) is 0. The molecule has 0 spiro atoms. The summed E-state index contributed by atoms with van der Waals surface area (Å²) < 4.78 is 5.58. The summed E-state index contributed by atoms with van der Waals surface area (Å²) in [5.74, 6) is 1.20. The molecule has 3 nitrogen and oxygen atoms in total. The van der Waals surface area contributed by atoms with Gasteiger partial charge in [0.1, 0.15) is 0 Å². The number of pyridine rings is 1. The van der Waals surface area contributed by atoms with Gasteiger partial charge in [-0.3, -0.25) is 0 Å². The summed E-state index contributed by atoms with van der Waals surface area (Å²) in [5.41, 5.74) is 6.67. The Labute approximate surface area is 98.0 Å². The number of nitrogens with zero attached hydrogens (tertiary/aromatic N) is 1. The lowest BCUT2D eigenvalue weighted by atomic mass is 10.2. The Bertz CT molecular complexity index is 313. The SMILES string of the molecule is CCCCCCCOc1ccc(C)nc1N. The van der Waals surface area contributed by atoms with Crippen LogP contribution in [-0.4, -0.2) is 11.6 Å². The second kappa shape index (κ2) is 7.09. The molecular formula is C13H22N2O. The van der Waals surface area contributed by atoms with E-state index in [1.165, 1.54) is 25.7 Å². The maximum Gasteiger partial charge on any atom is 0.166 e. The number of unbranched alkanes of at least 4 members (excludes halogenated alkanes) is 4. The number of anilines is 1. The van der Waals surface area contributed by atoms with Crippen LogP contribution < -0.4 is 10.5 Å². The zero-order chi connectivity index (χ0) is 11.8. The number of nitrogens with two attached hydrogens (primary N) is 1. The first-order chi connectivity index (χ1) is 7.74. The first-order valence-corrected chi connectivity index (χ1v) is 6.10. The van der Waals surface area contributed by atoms with Gasteiger partial charge in [-0.05, 0) is 25.5 Å². The second-order valence-electron chi connectivity index (χ2n) is 4.10. The quantitative estimate of drug-likeness (QED) is 0.720. The molecule has 0 radical (unpaired) electrons. The smallest absolute Gasteiger partial charge is 0.166 e. The van der Waals surface area contributed by atoms with E-state index in [0.29, 0.717) is 11.6 Å². The van der Waals surface area contributed by atoms with Crippen molar-refractivity contribution in [1.82, 2.24) is 4.98 Å². The zero-order valence-electron chi connectivity index (χ0n) is 10.3. The van der Waals surface area contributed by atoms with Crippen LogP contribution in [0.1, 0.15) is 44.7 Å². The van der Waals surface area contributed by atoms with E-state index in [4.69, 9.17) is 10.5 Å². The van der Waals surface area contributed by atoms with Gasteiger partial charge in [-0.1, -0.05) is 32.6 Å². The average Bonchev–Trinajstić information content (AvgIpc) is 2.26. The third-order valence-electron chi connectivity index (χ3n) is 2.53. The van der Waals surface area contributed by atoms with Gasteiger partial charge in [0, 0.05) is 5.69 Å². The third kappa shape index (κ3) is 4.51. The lowest BCUT2D eigenvalue weighted by Gasteiger charge is -2.08. The Morgan fingerprint density at radius 3 is 2.62 bits per heavy atom. The van der Waals surface area contributed by atoms with Crippen LogP contribution in [0.5, 0.6) is 5.75 Å². The molecule has 0 saturated carbocycles. The monoisotopic (exact) mass is 222 g/mol. The number of hydrogen-bond donors (Lipinski definition) is 1. The zero-order valence-corrected chi connectivity index (χ0v) is 10.3. The lowest BCUT2D eigenvalue weighted by molar-refractivity contribution is 0.305. The highest BCUT2D eigenvalue weighted by molar-refractivity contribution is 5.46. The van der Waals surface area contributed by atoms with Crippen molar-refractivity contribution in [2.24, 2.45) is 0 Å². The molecule has 3 heteroatoms. The highest BCUT2D eigenvalue weighted by Crippen LogP contribution is 2.19. The maximum absolute atomic E-state index is 5.75. The highest BCUT2D eigenvalue weighted by atomic mass is 16.5. The molecule has 0 fully saturated rings. The maximum atomic E-state index is 5.75. The minimum absolute atomic E-state index is 0.494. The van der Waals surface area contributed by atoms with Crippen molar-refractivity contribution in [3.8, 4) is 5.75 Å². The molecular weight excluding hydrogens is 200 g/mol. The lowest BCUT2D eigenvalue weighted by Crippen LogP contribution is -2.02. The summed E-state index contributed by atoms with van der Waals surface area (Å²) in [6.07, 6.45) is 6.20. The van der Waals surface area contributed by atoms with Crippen molar-refractivity contribution < 1.29 is 4.74 Å². The average molecular weight is 222 g/mol. The van der Waals surface area contributed by atoms with Crippen molar-refractivity contribution >= 4 is 5.82 Å². The Kier molecular flexibility index (Phi) is 5.68. The molecule has 0 aromatic carbocycles. The summed E-state index contributed by atoms with van der Waals surface area (Å²) in [7, 11) is 0. The molecule has 0 aliphatic carbocycles. The number of ether oxygens (including phenoxy) is 1. The van der Waals surface area contributed by atoms with Crippen LogP contribution in [0.2, 0.25) is 0 Å². The van der Waals surface area contributed by atoms with E-state index in [1.54, 1.807) is 0 Å². The van der Waals surface area contributed by atoms with Crippen LogP contribution in [0.25, 0.3) is 0 Å². The van der Waals surface area contributed by atoms with Crippen molar-refractivity contribution in [3.63, 3.8) is 0 Å². The first-order valence-electron chi connectivity index (χ1n) is 6.10. The summed E-state index contributed by atoms with van der Waals surface area (Å²) >= 11 is 0. The number of aryl methyl sites for hydroxylation is 1. The third-order valence-corrected chi connectivity index (χ3v) is 2.53. The van der Waals surface area contributed by atoms with Crippen molar-refractivity contribution in [2.45, 2.75) is 46.0 Å². The Balaban J connectivity index is 2.21. The second-order valence-corrected chi connectivity index (χ2v) is 4.10. The fraction of sp³-hybridized carbons (Fsp3) is 0.615. The molecule has 0 aliphatic heterocycles. The number of hydrogen-bond acceptors (Lipinski definition) is 3. The molecule has 1 rings (SSSR count). The van der Waals surface area contributed by atoms with Gasteiger partial charge in [-0.25, -0.2) is 4.98 Å². The molecule has 2 N–H and O–H groups in total. The minimum atomic E-state index is 0.494. The van der Waals surface area contributed by atoms with Crippen LogP contribution in [0.4, 0.5) is 5.82 Å². The van der Waals surface area contributed by atoms with Crippen molar-refractivity contribution in [1.29, 1.82) is 0 Å². The van der Waals surface area contributed by atoms with Gasteiger partial charge in [0.25, 0.3) is 0 Å². The standard InChI is InChI=1S/C13H22N2O/c1-3-4-5-6-7-10-16-12-9-8-11(2)15-13(12)14/h8-9H,3-7,10H2,1-2H3,(H2,14,15). The minimum Gasteiger partial charge on any atom is -0.490 e. The molecule has 0 amide bonds. The number of aromatic nitrogens is 1. The van der Waals surface area contributed by atoms with E-state index in [-0.39, 0.29) is 0 Å². The van der Waals surface area contributed by atoms with Gasteiger partial charge < -0.3 is 10.5 Å². The van der Waals surface area contributed by atoms with Gasteiger partial charge in [0.05, 0.1) is 6.61 Å². The molecule has 90 valence electrons. The van der Waals surface area contributed by atoms with E-state index in [0.717, 1.165) is 18.7 Å². The molecule has 1 aromatic rings. The number of nitrogen functional groups attached to an aromatic ring is 1. The molecule has 0 aliphatic rings. The Morgan fingerprint density at radius 2 is 1.94 bits per heavy atom. The van der Waals surface area contributed by atoms with Crippen molar-refractivity contribution in [3.05, 3.63) is 17.8 Å². The van der Waals surface area contributed by atoms with Crippen LogP contribution in [0.3, 0.4) is 0 Å². The molecule has 1 heterocycles. The molecule has 0 bridgehead atoms. The van der Waals surface area contributed by atoms with Crippen molar-refractivity contribution in [2.75, 3.05) is 12.3 Å². The topological polar surface area (TPSA) is 48.1 Å². The first kappa shape index (κ1) is 12.8. The van der Waals surface area contributed by atoms with E-state index in [1.807, 2.05) is 19.1 Å². The van der Waals surface area contributed by atoms with Gasteiger partial charge in [0.2, 0.25) is 0 Å². The van der Waals surface area contributed by atoms with Gasteiger partial charge in [-0.2, -0.15) is 0 Å². The molecule has 16 heavy (non-hydrogen) atoms. The fourth-order valence-corrected chi connectivity index (χ4v) is 1.57. The van der Waals surface area contributed by atoms with Gasteiger partial charge >= 0.3 is 0 Å². The van der Waals surface area contributed by atoms with E-state index in [9.17, 15) is 0 Å². The summed E-state index contributed by atoms with van der Waals surface area (Å²) in [6, 6.07) is 3.81. The Hall–Kier alpha value is -1.25. The summed E-state index contributed by atoms with van der Waals surface area (Å²) in [4.78, 5) is 4.15. The largest absolute Gasteiger partial charge is 0.490 e. The van der Waals surface area contributed by atoms with E-state index >= 15 is 0 Å². The Morgan fingerprint density at radius 1 is 1.19 bits per heavy atom. The molecule has 0 unspecified atom stereocenters. The van der Waals surface area contributed by atoms with E-state index < -0.39 is 0 Å². The normalized spacial score (nSPS) is 10.4. The fourth-order valence-electron chi connectivity index (χ4n) is 1.57. The van der Waals surface area contributed by atoms with Gasteiger partial charge in [0.15, 0.2) is 11.6 Å². The van der Waals surface area contributed by atoms with Crippen LogP contribution >= 0.6 is 0 Å². The molecule has 0 atom stereocenters. The van der Waals surface area contributed by atoms with Gasteiger partial charge in [-0.15, -0.1) is 0 Å². The molecule has 1 aromatic heterocycles. The number of rotatable bonds is 7. The predicted octanol–water partition coefficient (Wildman–Crippen LogP) is 3.32. The van der Waals surface area contributed by atoms with Crippen LogP contribution in [0.15, 0.2) is 12.1 Å². The summed E-state index contributed by atoms with van der Waals surface area (Å²) in [6.45, 7) is 4.87. The molecule has 0 saturated heterocycles.